The molecule has 2 aromatic heterocycles. The van der Waals surface area contributed by atoms with E-state index in [1.807, 2.05) is 0 Å². The fourth-order valence-corrected chi connectivity index (χ4v) is 2.83. The Morgan fingerprint density at radius 3 is 3.00 bits per heavy atom. The molecule has 1 saturated heterocycles. The molecular formula is C13H19N5O. The van der Waals surface area contributed by atoms with Gasteiger partial charge in [-0.3, -0.25) is 14.0 Å². The average Bonchev–Trinajstić information content (AvgIpc) is 2.95. The van der Waals surface area contributed by atoms with Crippen molar-refractivity contribution >= 4 is 11.0 Å². The van der Waals surface area contributed by atoms with E-state index in [0.717, 1.165) is 13.0 Å². The predicted molar refractivity (Wildman–Crippen MR) is 73.0 cm³/mol. The van der Waals surface area contributed by atoms with Gasteiger partial charge in [0.1, 0.15) is 5.52 Å². The van der Waals surface area contributed by atoms with Crippen LogP contribution in [0.25, 0.3) is 11.0 Å². The van der Waals surface area contributed by atoms with E-state index in [9.17, 15) is 4.79 Å². The van der Waals surface area contributed by atoms with Gasteiger partial charge in [-0.1, -0.05) is 0 Å². The summed E-state index contributed by atoms with van der Waals surface area (Å²) in [6, 6.07) is 0.589. The number of nitrogens with zero attached hydrogens (tertiary/aromatic N) is 5. The van der Waals surface area contributed by atoms with Crippen LogP contribution in [-0.2, 0) is 13.6 Å². The van der Waals surface area contributed by atoms with Crippen LogP contribution in [0.4, 0.5) is 0 Å². The number of likely N-dealkylation sites (tertiary alicyclic amines) is 1. The summed E-state index contributed by atoms with van der Waals surface area (Å²) < 4.78 is 3.32. The number of aromatic nitrogens is 4. The lowest BCUT2D eigenvalue weighted by Crippen LogP contribution is -2.28. The average molecular weight is 261 g/mol. The lowest BCUT2D eigenvalue weighted by molar-refractivity contribution is 0.285. The molecule has 1 fully saturated rings. The van der Waals surface area contributed by atoms with E-state index in [1.165, 1.54) is 12.8 Å². The van der Waals surface area contributed by atoms with Crippen LogP contribution in [0.1, 0.15) is 19.3 Å². The van der Waals surface area contributed by atoms with Crippen molar-refractivity contribution in [3.63, 3.8) is 0 Å². The highest BCUT2D eigenvalue weighted by Gasteiger charge is 2.20. The van der Waals surface area contributed by atoms with Crippen molar-refractivity contribution in [2.75, 3.05) is 13.6 Å². The number of rotatable bonds is 3. The van der Waals surface area contributed by atoms with E-state index in [1.54, 1.807) is 28.8 Å². The second kappa shape index (κ2) is 4.77. The van der Waals surface area contributed by atoms with Crippen molar-refractivity contribution in [3.8, 4) is 0 Å². The summed E-state index contributed by atoms with van der Waals surface area (Å²) >= 11 is 0. The van der Waals surface area contributed by atoms with Gasteiger partial charge >= 0.3 is 0 Å². The maximum atomic E-state index is 12.3. The second-order valence-electron chi connectivity index (χ2n) is 5.35. The molecule has 0 N–H and O–H groups in total. The Balaban J connectivity index is 1.81. The molecule has 0 aromatic carbocycles. The van der Waals surface area contributed by atoms with Crippen LogP contribution in [-0.4, -0.2) is 43.9 Å². The van der Waals surface area contributed by atoms with Crippen LogP contribution in [0.2, 0.25) is 0 Å². The monoisotopic (exact) mass is 261 g/mol. The van der Waals surface area contributed by atoms with Gasteiger partial charge in [0.15, 0.2) is 5.52 Å². The van der Waals surface area contributed by atoms with Crippen molar-refractivity contribution in [3.05, 3.63) is 22.9 Å². The van der Waals surface area contributed by atoms with E-state index in [-0.39, 0.29) is 5.56 Å². The number of aryl methyl sites for hydroxylation is 2. The van der Waals surface area contributed by atoms with Crippen molar-refractivity contribution < 1.29 is 0 Å². The van der Waals surface area contributed by atoms with Gasteiger partial charge in [0.05, 0.1) is 12.5 Å². The smallest absolute Gasteiger partial charge is 0.281 e. The zero-order chi connectivity index (χ0) is 13.4. The minimum absolute atomic E-state index is 0.0359. The molecule has 6 nitrogen and oxygen atoms in total. The van der Waals surface area contributed by atoms with Crippen molar-refractivity contribution in [2.45, 2.75) is 31.8 Å². The van der Waals surface area contributed by atoms with Gasteiger partial charge < -0.3 is 4.90 Å². The molecule has 1 aliphatic heterocycles. The first kappa shape index (κ1) is 12.3. The Labute approximate surface area is 111 Å². The molecule has 0 aliphatic carbocycles. The molecule has 0 amide bonds. The molecule has 19 heavy (non-hydrogen) atoms. The summed E-state index contributed by atoms with van der Waals surface area (Å²) in [5.74, 6) is 0. The highest BCUT2D eigenvalue weighted by molar-refractivity contribution is 5.71. The Kier molecular flexibility index (Phi) is 3.10. The molecule has 1 atom stereocenters. The molecule has 0 spiro atoms. The molecule has 1 aliphatic rings. The first-order valence-electron chi connectivity index (χ1n) is 6.74. The van der Waals surface area contributed by atoms with Gasteiger partial charge in [0, 0.05) is 19.6 Å². The first-order chi connectivity index (χ1) is 9.15. The molecule has 0 radical (unpaired) electrons. The van der Waals surface area contributed by atoms with E-state index >= 15 is 0 Å². The maximum Gasteiger partial charge on any atom is 0.281 e. The predicted octanol–water partition coefficient (Wildman–Crippen LogP) is 0.614. The van der Waals surface area contributed by atoms with Gasteiger partial charge in [-0.15, -0.1) is 0 Å². The fourth-order valence-electron chi connectivity index (χ4n) is 2.83. The molecular weight excluding hydrogens is 242 g/mol. The van der Waals surface area contributed by atoms with Crippen LogP contribution in [0.15, 0.2) is 17.3 Å². The topological polar surface area (TPSA) is 56.0 Å². The lowest BCUT2D eigenvalue weighted by atomic mass is 10.1. The summed E-state index contributed by atoms with van der Waals surface area (Å²) in [7, 11) is 3.96. The molecule has 3 rings (SSSR count). The summed E-state index contributed by atoms with van der Waals surface area (Å²) in [5, 5.41) is 4.18. The maximum absolute atomic E-state index is 12.3. The van der Waals surface area contributed by atoms with Crippen LogP contribution < -0.4 is 5.56 Å². The number of hydrogen-bond acceptors (Lipinski definition) is 4. The third-order valence-corrected chi connectivity index (χ3v) is 3.98. The van der Waals surface area contributed by atoms with Crippen molar-refractivity contribution in [2.24, 2.45) is 7.05 Å². The molecule has 2 aromatic rings. The van der Waals surface area contributed by atoms with Gasteiger partial charge in [-0.05, 0) is 32.9 Å². The largest absolute Gasteiger partial charge is 0.303 e. The van der Waals surface area contributed by atoms with E-state index in [0.29, 0.717) is 23.6 Å². The summed E-state index contributed by atoms with van der Waals surface area (Å²) in [6.07, 6.45) is 6.89. The highest BCUT2D eigenvalue weighted by Crippen LogP contribution is 2.18. The van der Waals surface area contributed by atoms with E-state index in [2.05, 4.69) is 22.0 Å². The van der Waals surface area contributed by atoms with Crippen LogP contribution >= 0.6 is 0 Å². The van der Waals surface area contributed by atoms with Crippen LogP contribution in [0.5, 0.6) is 0 Å². The van der Waals surface area contributed by atoms with Crippen LogP contribution in [0, 0.1) is 0 Å². The summed E-state index contributed by atoms with van der Waals surface area (Å²) in [5.41, 5.74) is 1.10. The molecule has 3 heterocycles. The molecule has 0 bridgehead atoms. The third kappa shape index (κ3) is 2.28. The summed E-state index contributed by atoms with van der Waals surface area (Å²) in [4.78, 5) is 18.9. The Morgan fingerprint density at radius 2 is 2.26 bits per heavy atom. The second-order valence-corrected chi connectivity index (χ2v) is 5.35. The van der Waals surface area contributed by atoms with Gasteiger partial charge in [0.25, 0.3) is 5.56 Å². The SMILES string of the molecule is CN1CCC[C@@H]1CCn1cnc2cn(C)nc2c1=O. The minimum atomic E-state index is -0.0359. The first-order valence-corrected chi connectivity index (χ1v) is 6.74. The molecule has 0 saturated carbocycles. The Hall–Kier alpha value is -1.69. The normalized spacial score (nSPS) is 20.4. The van der Waals surface area contributed by atoms with E-state index in [4.69, 9.17) is 0 Å². The summed E-state index contributed by atoms with van der Waals surface area (Å²) in [6.45, 7) is 1.88. The van der Waals surface area contributed by atoms with Gasteiger partial charge in [-0.2, -0.15) is 5.10 Å². The Bertz CT molecular complexity index is 644. The van der Waals surface area contributed by atoms with Gasteiger partial charge in [-0.25, -0.2) is 4.98 Å². The number of hydrogen-bond donors (Lipinski definition) is 0. The van der Waals surface area contributed by atoms with E-state index < -0.39 is 0 Å². The third-order valence-electron chi connectivity index (χ3n) is 3.98. The Morgan fingerprint density at radius 1 is 1.42 bits per heavy atom. The lowest BCUT2D eigenvalue weighted by Gasteiger charge is -2.19. The standard InChI is InChI=1S/C13H19N5O/c1-16-6-3-4-10(16)5-7-18-9-14-11-8-17(2)15-12(11)13(18)19/h8-10H,3-7H2,1-2H3/t10-/m1/s1. The van der Waals surface area contributed by atoms with Crippen LogP contribution in [0.3, 0.4) is 0 Å². The highest BCUT2D eigenvalue weighted by atomic mass is 16.1. The molecule has 102 valence electrons. The number of fused-ring (bicyclic) bond motifs is 1. The fraction of sp³-hybridized carbons (Fsp3) is 0.615. The molecule has 6 heteroatoms. The minimum Gasteiger partial charge on any atom is -0.303 e. The zero-order valence-corrected chi connectivity index (χ0v) is 11.4. The molecule has 0 unspecified atom stereocenters. The van der Waals surface area contributed by atoms with Crippen molar-refractivity contribution in [1.82, 2.24) is 24.2 Å². The van der Waals surface area contributed by atoms with Gasteiger partial charge in [0.2, 0.25) is 0 Å². The zero-order valence-electron chi connectivity index (χ0n) is 11.4. The quantitative estimate of drug-likeness (QED) is 0.812. The van der Waals surface area contributed by atoms with Crippen molar-refractivity contribution in [1.29, 1.82) is 0 Å².